The average Bonchev–Trinajstić information content (AvgIpc) is 3.09. The minimum Gasteiger partial charge on any atom is -0.361 e. The zero-order valence-corrected chi connectivity index (χ0v) is 15.7. The Balaban J connectivity index is 1.41. The Hall–Kier alpha value is -2.83. The lowest BCUT2D eigenvalue weighted by Gasteiger charge is -2.09. The molecule has 0 bridgehead atoms. The molecule has 2 heterocycles. The number of nitrogens with zero attached hydrogens (tertiary/aromatic N) is 3. The fraction of sp³-hybridized carbons (Fsp3) is 0.105. The van der Waals surface area contributed by atoms with Crippen molar-refractivity contribution in [2.75, 3.05) is 17.2 Å². The van der Waals surface area contributed by atoms with Crippen LogP contribution in [0.3, 0.4) is 0 Å². The second kappa shape index (κ2) is 7.82. The number of rotatable bonds is 6. The molecule has 0 unspecified atom stereocenters. The highest BCUT2D eigenvalue weighted by atomic mass is 35.5. The van der Waals surface area contributed by atoms with Crippen molar-refractivity contribution in [2.24, 2.45) is 0 Å². The molecule has 27 heavy (non-hydrogen) atoms. The van der Waals surface area contributed by atoms with Crippen molar-refractivity contribution in [1.29, 1.82) is 0 Å². The van der Waals surface area contributed by atoms with Crippen molar-refractivity contribution in [3.05, 3.63) is 70.5 Å². The Morgan fingerprint density at radius 3 is 2.85 bits per heavy atom. The number of aromatic amines is 1. The van der Waals surface area contributed by atoms with E-state index in [9.17, 15) is 0 Å². The largest absolute Gasteiger partial charge is 0.361 e. The Morgan fingerprint density at radius 1 is 1.04 bits per heavy atom. The van der Waals surface area contributed by atoms with Crippen LogP contribution in [0.1, 0.15) is 5.56 Å². The molecule has 136 valence electrons. The highest BCUT2D eigenvalue weighted by Crippen LogP contribution is 2.31. The van der Waals surface area contributed by atoms with Gasteiger partial charge in [0.15, 0.2) is 5.82 Å². The average molecular weight is 399 g/mol. The second-order valence-electron chi connectivity index (χ2n) is 5.93. The van der Waals surface area contributed by atoms with Gasteiger partial charge >= 0.3 is 0 Å². The monoisotopic (exact) mass is 398 g/mol. The lowest BCUT2D eigenvalue weighted by molar-refractivity contribution is 0.931. The summed E-state index contributed by atoms with van der Waals surface area (Å²) in [6.07, 6.45) is 4.40. The molecule has 4 rings (SSSR count). The van der Waals surface area contributed by atoms with E-state index in [0.29, 0.717) is 34.0 Å². The van der Waals surface area contributed by atoms with Crippen LogP contribution in [0, 0.1) is 0 Å². The van der Waals surface area contributed by atoms with Crippen molar-refractivity contribution in [3.63, 3.8) is 0 Å². The summed E-state index contributed by atoms with van der Waals surface area (Å²) in [7, 11) is 0. The smallest absolute Gasteiger partial charge is 0.244 e. The molecule has 0 aliphatic heterocycles. The summed E-state index contributed by atoms with van der Waals surface area (Å²) in [6.45, 7) is 0.685. The molecule has 0 radical (unpaired) electrons. The lowest BCUT2D eigenvalue weighted by atomic mass is 10.1. The molecule has 0 aliphatic carbocycles. The van der Waals surface area contributed by atoms with Gasteiger partial charge in [-0.15, -0.1) is 5.10 Å². The first-order valence-electron chi connectivity index (χ1n) is 8.40. The zero-order chi connectivity index (χ0) is 18.6. The number of anilines is 3. The van der Waals surface area contributed by atoms with E-state index in [4.69, 9.17) is 23.2 Å². The van der Waals surface area contributed by atoms with E-state index >= 15 is 0 Å². The van der Waals surface area contributed by atoms with Gasteiger partial charge in [-0.1, -0.05) is 47.5 Å². The van der Waals surface area contributed by atoms with E-state index in [-0.39, 0.29) is 0 Å². The van der Waals surface area contributed by atoms with Crippen molar-refractivity contribution >= 4 is 51.6 Å². The van der Waals surface area contributed by atoms with Gasteiger partial charge in [0, 0.05) is 23.6 Å². The molecule has 6 nitrogen and oxygen atoms in total. The van der Waals surface area contributed by atoms with Gasteiger partial charge in [0.1, 0.15) is 0 Å². The summed E-state index contributed by atoms with van der Waals surface area (Å²) in [5.41, 5.74) is 3.04. The van der Waals surface area contributed by atoms with E-state index in [1.54, 1.807) is 6.07 Å². The Kier molecular flexibility index (Phi) is 5.09. The maximum absolute atomic E-state index is 6.19. The SMILES string of the molecule is Clc1cccc(Nc2cnnc(NCCc3c[nH]c4ccccc34)n2)c1Cl. The molecule has 0 amide bonds. The molecule has 0 fully saturated rings. The number of halogens is 2. The standard InChI is InChI=1S/C19H16Cl2N6/c20-14-5-3-7-16(18(14)21)25-17-11-24-27-19(26-17)22-9-8-12-10-23-15-6-2-1-4-13(12)15/h1-7,10-11,23H,8-9H2,(H2,22,25,26,27). The topological polar surface area (TPSA) is 78.5 Å². The number of hydrogen-bond donors (Lipinski definition) is 3. The van der Waals surface area contributed by atoms with Gasteiger partial charge < -0.3 is 15.6 Å². The number of H-pyrrole nitrogens is 1. The van der Waals surface area contributed by atoms with Crippen molar-refractivity contribution < 1.29 is 0 Å². The summed E-state index contributed by atoms with van der Waals surface area (Å²) in [5.74, 6) is 0.974. The Bertz CT molecular complexity index is 1080. The molecule has 8 heteroatoms. The summed E-state index contributed by atoms with van der Waals surface area (Å²) >= 11 is 12.2. The molecule has 0 saturated heterocycles. The van der Waals surface area contributed by atoms with E-state index in [1.807, 2.05) is 30.5 Å². The van der Waals surface area contributed by atoms with E-state index in [1.165, 1.54) is 17.1 Å². The van der Waals surface area contributed by atoms with E-state index < -0.39 is 0 Å². The fourth-order valence-corrected chi connectivity index (χ4v) is 3.17. The van der Waals surface area contributed by atoms with Crippen LogP contribution in [0.4, 0.5) is 17.5 Å². The number of hydrogen-bond acceptors (Lipinski definition) is 5. The number of benzene rings is 2. The minimum absolute atomic E-state index is 0.437. The molecule has 0 saturated carbocycles. The van der Waals surface area contributed by atoms with Crippen LogP contribution in [0.15, 0.2) is 54.9 Å². The van der Waals surface area contributed by atoms with E-state index in [2.05, 4.69) is 42.9 Å². The van der Waals surface area contributed by atoms with Crippen LogP contribution in [0.5, 0.6) is 0 Å². The van der Waals surface area contributed by atoms with Gasteiger partial charge in [0.25, 0.3) is 0 Å². The predicted molar refractivity (Wildman–Crippen MR) is 110 cm³/mol. The van der Waals surface area contributed by atoms with Crippen molar-refractivity contribution in [2.45, 2.75) is 6.42 Å². The molecule has 0 atom stereocenters. The molecular formula is C19H16Cl2N6. The zero-order valence-electron chi connectivity index (χ0n) is 14.2. The Morgan fingerprint density at radius 2 is 1.93 bits per heavy atom. The first kappa shape index (κ1) is 17.6. The maximum Gasteiger partial charge on any atom is 0.244 e. The molecule has 0 aliphatic rings. The van der Waals surface area contributed by atoms with Crippen molar-refractivity contribution in [3.8, 4) is 0 Å². The van der Waals surface area contributed by atoms with Crippen LogP contribution in [0.2, 0.25) is 10.0 Å². The summed E-state index contributed by atoms with van der Waals surface area (Å²) in [5, 5.41) is 16.4. The molecule has 2 aromatic carbocycles. The maximum atomic E-state index is 6.19. The van der Waals surface area contributed by atoms with Gasteiger partial charge in [-0.25, -0.2) is 0 Å². The van der Waals surface area contributed by atoms with Gasteiger partial charge in [0.2, 0.25) is 5.95 Å². The number of fused-ring (bicyclic) bond motifs is 1. The van der Waals surface area contributed by atoms with Crippen LogP contribution < -0.4 is 10.6 Å². The van der Waals surface area contributed by atoms with Crippen molar-refractivity contribution in [1.82, 2.24) is 20.2 Å². The highest BCUT2D eigenvalue weighted by molar-refractivity contribution is 6.43. The quantitative estimate of drug-likeness (QED) is 0.423. The normalized spacial score (nSPS) is 10.9. The fourth-order valence-electron chi connectivity index (χ4n) is 2.82. The van der Waals surface area contributed by atoms with E-state index in [0.717, 1.165) is 11.9 Å². The second-order valence-corrected chi connectivity index (χ2v) is 6.71. The van der Waals surface area contributed by atoms with Gasteiger partial charge in [0.05, 0.1) is 21.9 Å². The van der Waals surface area contributed by atoms with Crippen LogP contribution in [-0.2, 0) is 6.42 Å². The van der Waals surface area contributed by atoms with Gasteiger partial charge in [-0.05, 0) is 30.2 Å². The summed E-state index contributed by atoms with van der Waals surface area (Å²) in [4.78, 5) is 7.69. The molecular weight excluding hydrogens is 383 g/mol. The van der Waals surface area contributed by atoms with Gasteiger partial charge in [-0.2, -0.15) is 10.1 Å². The molecule has 3 N–H and O–H groups in total. The number of para-hydroxylation sites is 1. The third kappa shape index (κ3) is 3.97. The molecule has 0 spiro atoms. The third-order valence-electron chi connectivity index (χ3n) is 4.13. The Labute approximate surface area is 165 Å². The van der Waals surface area contributed by atoms with Crippen LogP contribution >= 0.6 is 23.2 Å². The molecule has 2 aromatic heterocycles. The lowest BCUT2D eigenvalue weighted by Crippen LogP contribution is -2.09. The number of nitrogens with one attached hydrogen (secondary N) is 3. The van der Waals surface area contributed by atoms with Crippen LogP contribution in [-0.4, -0.2) is 26.7 Å². The molecule has 4 aromatic rings. The van der Waals surface area contributed by atoms with Crippen LogP contribution in [0.25, 0.3) is 10.9 Å². The first-order chi connectivity index (χ1) is 13.2. The summed E-state index contributed by atoms with van der Waals surface area (Å²) in [6, 6.07) is 13.6. The number of aromatic nitrogens is 4. The van der Waals surface area contributed by atoms with Gasteiger partial charge in [-0.3, -0.25) is 0 Å². The summed E-state index contributed by atoms with van der Waals surface area (Å²) < 4.78 is 0. The predicted octanol–water partition coefficient (Wildman–Crippen LogP) is 5.06. The minimum atomic E-state index is 0.437. The highest BCUT2D eigenvalue weighted by Gasteiger charge is 2.07. The first-order valence-corrected chi connectivity index (χ1v) is 9.16. The third-order valence-corrected chi connectivity index (χ3v) is 4.94.